The topological polar surface area (TPSA) is 48.3 Å². The summed E-state index contributed by atoms with van der Waals surface area (Å²) in [5.74, 6) is 0.931. The van der Waals surface area contributed by atoms with Gasteiger partial charge in [-0.15, -0.1) is 0 Å². The van der Waals surface area contributed by atoms with E-state index in [9.17, 15) is 0 Å². The molecular formula is C22H27N3OS. The van der Waals surface area contributed by atoms with Gasteiger partial charge in [-0.05, 0) is 74.5 Å². The molecule has 0 bridgehead atoms. The van der Waals surface area contributed by atoms with Crippen molar-refractivity contribution in [1.82, 2.24) is 9.62 Å². The van der Waals surface area contributed by atoms with Crippen molar-refractivity contribution in [3.05, 3.63) is 59.2 Å². The molecular weight excluding hydrogens is 354 g/mol. The summed E-state index contributed by atoms with van der Waals surface area (Å²) in [6.07, 6.45) is 1.34. The fraction of sp³-hybridized carbons (Fsp3) is 0.409. The van der Waals surface area contributed by atoms with Gasteiger partial charge in [0.15, 0.2) is 0 Å². The Labute approximate surface area is 166 Å². The Morgan fingerprint density at radius 3 is 2.74 bits per heavy atom. The summed E-state index contributed by atoms with van der Waals surface area (Å²) in [6.45, 7) is 9.15. The zero-order valence-electron chi connectivity index (χ0n) is 16.2. The molecule has 4 nitrogen and oxygen atoms in total. The minimum absolute atomic E-state index is 0.205. The lowest BCUT2D eigenvalue weighted by Crippen LogP contribution is -2.28. The molecule has 1 saturated heterocycles. The Morgan fingerprint density at radius 2 is 2.04 bits per heavy atom. The van der Waals surface area contributed by atoms with Gasteiger partial charge >= 0.3 is 0 Å². The van der Waals surface area contributed by atoms with Crippen LogP contribution in [0.2, 0.25) is 0 Å². The van der Waals surface area contributed by atoms with Crippen LogP contribution in [0.4, 0.5) is 0 Å². The maximum Gasteiger partial charge on any atom is 0.119 e. The minimum atomic E-state index is 0.205. The van der Waals surface area contributed by atoms with Crippen LogP contribution in [0.3, 0.4) is 0 Å². The lowest BCUT2D eigenvalue weighted by atomic mass is 10.1. The number of nitriles is 1. The molecule has 5 heteroatoms. The molecule has 142 valence electrons. The van der Waals surface area contributed by atoms with Crippen molar-refractivity contribution < 1.29 is 4.74 Å². The highest BCUT2D eigenvalue weighted by atomic mass is 32.2. The molecule has 1 unspecified atom stereocenters. The first-order valence-corrected chi connectivity index (χ1v) is 10.3. The highest BCUT2D eigenvalue weighted by Crippen LogP contribution is 2.22. The second-order valence-corrected chi connectivity index (χ2v) is 8.25. The van der Waals surface area contributed by atoms with E-state index in [1.165, 1.54) is 5.56 Å². The van der Waals surface area contributed by atoms with E-state index in [-0.39, 0.29) is 6.10 Å². The van der Waals surface area contributed by atoms with Crippen LogP contribution in [-0.2, 0) is 6.54 Å². The molecule has 0 radical (unpaired) electrons. The van der Waals surface area contributed by atoms with Crippen molar-refractivity contribution in [2.45, 2.75) is 50.8 Å². The summed E-state index contributed by atoms with van der Waals surface area (Å²) in [6, 6.07) is 17.2. The fourth-order valence-electron chi connectivity index (χ4n) is 3.21. The largest absolute Gasteiger partial charge is 0.491 e. The van der Waals surface area contributed by atoms with Gasteiger partial charge in [-0.2, -0.15) is 5.26 Å². The van der Waals surface area contributed by atoms with E-state index in [0.29, 0.717) is 6.04 Å². The van der Waals surface area contributed by atoms with Gasteiger partial charge in [0.25, 0.3) is 0 Å². The van der Waals surface area contributed by atoms with E-state index in [1.54, 1.807) is 11.9 Å². The number of nitrogens with one attached hydrogen (secondary N) is 1. The van der Waals surface area contributed by atoms with Gasteiger partial charge in [0, 0.05) is 30.6 Å². The number of hydrogen-bond donors (Lipinski definition) is 1. The highest BCUT2D eigenvalue weighted by Gasteiger charge is 2.22. The van der Waals surface area contributed by atoms with Gasteiger partial charge in [-0.25, -0.2) is 0 Å². The number of hydrogen-bond acceptors (Lipinski definition) is 5. The van der Waals surface area contributed by atoms with Gasteiger partial charge < -0.3 is 4.74 Å². The van der Waals surface area contributed by atoms with Crippen LogP contribution >= 0.6 is 11.9 Å². The summed E-state index contributed by atoms with van der Waals surface area (Å²) in [5.41, 5.74) is 3.09. The second-order valence-electron chi connectivity index (χ2n) is 7.34. The molecule has 0 saturated carbocycles. The van der Waals surface area contributed by atoms with E-state index >= 15 is 0 Å². The first-order chi connectivity index (χ1) is 13.0. The molecule has 0 aliphatic carbocycles. The number of nitrogens with zero attached hydrogens (tertiary/aromatic N) is 2. The SMILES string of the molecule is Cc1ccc(SNC2CCN(Cc3ccc(OC(C)C)cc3)C2)cc1C#N. The average molecular weight is 382 g/mol. The van der Waals surface area contributed by atoms with E-state index in [4.69, 9.17) is 10.00 Å². The summed E-state index contributed by atoms with van der Waals surface area (Å²) < 4.78 is 9.27. The normalized spacial score (nSPS) is 17.2. The third-order valence-corrected chi connectivity index (χ3v) is 5.59. The molecule has 1 heterocycles. The Kier molecular flexibility index (Phi) is 6.78. The van der Waals surface area contributed by atoms with Crippen LogP contribution in [0, 0.1) is 18.3 Å². The van der Waals surface area contributed by atoms with Crippen molar-refractivity contribution in [1.29, 1.82) is 5.26 Å². The van der Waals surface area contributed by atoms with Crippen LogP contribution in [-0.4, -0.2) is 30.1 Å². The van der Waals surface area contributed by atoms with E-state index in [2.05, 4.69) is 46.0 Å². The molecule has 3 rings (SSSR count). The van der Waals surface area contributed by atoms with Crippen LogP contribution in [0.15, 0.2) is 47.4 Å². The van der Waals surface area contributed by atoms with Crippen LogP contribution in [0.1, 0.15) is 37.0 Å². The number of ether oxygens (including phenoxy) is 1. The maximum absolute atomic E-state index is 9.16. The molecule has 27 heavy (non-hydrogen) atoms. The Bertz CT molecular complexity index is 798. The molecule has 1 fully saturated rings. The molecule has 1 atom stereocenters. The predicted molar refractivity (Wildman–Crippen MR) is 111 cm³/mol. The first-order valence-electron chi connectivity index (χ1n) is 9.44. The number of rotatable bonds is 7. The quantitative estimate of drug-likeness (QED) is 0.714. The van der Waals surface area contributed by atoms with Gasteiger partial charge in [0.2, 0.25) is 0 Å². The third kappa shape index (κ3) is 5.74. The maximum atomic E-state index is 9.16. The van der Waals surface area contributed by atoms with Crippen molar-refractivity contribution in [2.75, 3.05) is 13.1 Å². The molecule has 0 spiro atoms. The van der Waals surface area contributed by atoms with Crippen LogP contribution < -0.4 is 9.46 Å². The molecule has 0 amide bonds. The molecule has 1 aliphatic rings. The Balaban J connectivity index is 1.47. The Hall–Kier alpha value is -2.00. The predicted octanol–water partition coefficient (Wildman–Crippen LogP) is 4.53. The summed E-state index contributed by atoms with van der Waals surface area (Å²) >= 11 is 1.63. The zero-order valence-corrected chi connectivity index (χ0v) is 17.1. The van der Waals surface area contributed by atoms with Gasteiger partial charge in [0.05, 0.1) is 17.7 Å². The van der Waals surface area contributed by atoms with Crippen molar-refractivity contribution in [3.63, 3.8) is 0 Å². The summed E-state index contributed by atoms with van der Waals surface area (Å²) in [5, 5.41) is 9.16. The smallest absolute Gasteiger partial charge is 0.119 e. The lowest BCUT2D eigenvalue weighted by Gasteiger charge is -2.17. The van der Waals surface area contributed by atoms with E-state index in [1.807, 2.05) is 32.9 Å². The van der Waals surface area contributed by atoms with Gasteiger partial charge in [0.1, 0.15) is 5.75 Å². The van der Waals surface area contributed by atoms with E-state index in [0.717, 1.165) is 47.8 Å². The zero-order chi connectivity index (χ0) is 19.2. The summed E-state index contributed by atoms with van der Waals surface area (Å²) in [4.78, 5) is 3.57. The van der Waals surface area contributed by atoms with Crippen LogP contribution in [0.5, 0.6) is 5.75 Å². The average Bonchev–Trinajstić information content (AvgIpc) is 3.09. The number of likely N-dealkylation sites (tertiary alicyclic amines) is 1. The molecule has 0 aromatic heterocycles. The standard InChI is InChI=1S/C22H27N3OS/c1-16(2)26-21-7-5-18(6-8-21)14-25-11-10-20(15-25)24-27-22-9-4-17(3)19(12-22)13-23/h4-9,12,16,20,24H,10-11,14-15H2,1-3H3. The van der Waals surface area contributed by atoms with E-state index < -0.39 is 0 Å². The fourth-order valence-corrected chi connectivity index (χ4v) is 4.02. The van der Waals surface area contributed by atoms with Crippen LogP contribution in [0.25, 0.3) is 0 Å². The second kappa shape index (κ2) is 9.27. The molecule has 2 aromatic carbocycles. The molecule has 1 N–H and O–H groups in total. The summed E-state index contributed by atoms with van der Waals surface area (Å²) in [7, 11) is 0. The van der Waals surface area contributed by atoms with Gasteiger partial charge in [-0.3, -0.25) is 9.62 Å². The Morgan fingerprint density at radius 1 is 1.26 bits per heavy atom. The highest BCUT2D eigenvalue weighted by molar-refractivity contribution is 7.97. The molecule has 1 aliphatic heterocycles. The number of aryl methyl sites for hydroxylation is 1. The minimum Gasteiger partial charge on any atom is -0.491 e. The number of benzene rings is 2. The third-order valence-electron chi connectivity index (χ3n) is 4.65. The lowest BCUT2D eigenvalue weighted by molar-refractivity contribution is 0.242. The molecule has 2 aromatic rings. The van der Waals surface area contributed by atoms with Crippen molar-refractivity contribution >= 4 is 11.9 Å². The first kappa shape index (κ1) is 19.8. The van der Waals surface area contributed by atoms with Gasteiger partial charge in [-0.1, -0.05) is 18.2 Å². The monoisotopic (exact) mass is 381 g/mol. The van der Waals surface area contributed by atoms with Crippen molar-refractivity contribution in [2.24, 2.45) is 0 Å². The van der Waals surface area contributed by atoms with Crippen molar-refractivity contribution in [3.8, 4) is 11.8 Å².